The van der Waals surface area contributed by atoms with Crippen LogP contribution >= 0.6 is 0 Å². The first kappa shape index (κ1) is 14.2. The number of aromatic nitrogens is 1. The molecule has 2 N–H and O–H groups in total. The first-order valence-electron chi connectivity index (χ1n) is 6.84. The zero-order valence-electron chi connectivity index (χ0n) is 12.0. The van der Waals surface area contributed by atoms with Crippen LogP contribution in [0.1, 0.15) is 12.6 Å². The van der Waals surface area contributed by atoms with Crippen LogP contribution in [-0.4, -0.2) is 25.2 Å². The Kier molecular flexibility index (Phi) is 4.82. The summed E-state index contributed by atoms with van der Waals surface area (Å²) < 4.78 is 5.53. The molecule has 0 bridgehead atoms. The van der Waals surface area contributed by atoms with Crippen molar-refractivity contribution in [1.82, 2.24) is 4.98 Å². The number of pyridine rings is 1. The lowest BCUT2D eigenvalue weighted by Crippen LogP contribution is -2.20. The van der Waals surface area contributed by atoms with Gasteiger partial charge in [-0.3, -0.25) is 4.98 Å². The Bertz CT molecular complexity index is 543. The first-order valence-corrected chi connectivity index (χ1v) is 6.84. The number of nitrogen functional groups attached to an aromatic ring is 1. The third kappa shape index (κ3) is 3.63. The van der Waals surface area contributed by atoms with Gasteiger partial charge in [0.05, 0.1) is 12.3 Å². The summed E-state index contributed by atoms with van der Waals surface area (Å²) in [5, 5.41) is 0. The summed E-state index contributed by atoms with van der Waals surface area (Å²) in [6.07, 6.45) is 2.73. The molecule has 20 heavy (non-hydrogen) atoms. The number of anilines is 2. The Morgan fingerprint density at radius 3 is 2.80 bits per heavy atom. The van der Waals surface area contributed by atoms with Crippen molar-refractivity contribution in [3.8, 4) is 5.75 Å². The highest BCUT2D eigenvalue weighted by molar-refractivity contribution is 5.62. The van der Waals surface area contributed by atoms with Crippen molar-refractivity contribution in [2.24, 2.45) is 0 Å². The zero-order valence-corrected chi connectivity index (χ0v) is 12.0. The smallest absolute Gasteiger partial charge is 0.144 e. The fourth-order valence-corrected chi connectivity index (χ4v) is 2.00. The highest BCUT2D eigenvalue weighted by Crippen LogP contribution is 2.27. The fraction of sp³-hybridized carbons (Fsp3) is 0.312. The van der Waals surface area contributed by atoms with Crippen LogP contribution in [-0.2, 0) is 6.42 Å². The second-order valence-electron chi connectivity index (χ2n) is 4.65. The molecular weight excluding hydrogens is 250 g/mol. The van der Waals surface area contributed by atoms with E-state index < -0.39 is 0 Å². The molecule has 0 saturated heterocycles. The summed E-state index contributed by atoms with van der Waals surface area (Å²) in [5.41, 5.74) is 8.75. The molecule has 2 aromatic rings. The van der Waals surface area contributed by atoms with Gasteiger partial charge < -0.3 is 15.4 Å². The van der Waals surface area contributed by atoms with Gasteiger partial charge in [0.1, 0.15) is 5.75 Å². The number of hydrogen-bond acceptors (Lipinski definition) is 4. The van der Waals surface area contributed by atoms with Crippen molar-refractivity contribution in [3.05, 3.63) is 48.3 Å². The number of ether oxygens (including phenoxy) is 1. The van der Waals surface area contributed by atoms with E-state index in [4.69, 9.17) is 10.5 Å². The molecule has 1 aromatic carbocycles. The molecule has 0 aliphatic carbocycles. The average molecular weight is 271 g/mol. The lowest BCUT2D eigenvalue weighted by atomic mass is 10.2. The quantitative estimate of drug-likeness (QED) is 0.821. The highest BCUT2D eigenvalue weighted by Gasteiger charge is 2.06. The van der Waals surface area contributed by atoms with Gasteiger partial charge in [0.25, 0.3) is 0 Å². The van der Waals surface area contributed by atoms with Gasteiger partial charge in [-0.2, -0.15) is 0 Å². The molecule has 1 aromatic heterocycles. The number of nitrogens with two attached hydrogens (primary N) is 1. The van der Waals surface area contributed by atoms with Crippen molar-refractivity contribution in [2.75, 3.05) is 30.8 Å². The normalized spacial score (nSPS) is 10.3. The molecule has 1 heterocycles. The molecule has 0 amide bonds. The maximum absolute atomic E-state index is 5.89. The molecule has 2 rings (SSSR count). The summed E-state index contributed by atoms with van der Waals surface area (Å²) >= 11 is 0. The Morgan fingerprint density at radius 1 is 1.25 bits per heavy atom. The van der Waals surface area contributed by atoms with E-state index in [1.165, 1.54) is 0 Å². The van der Waals surface area contributed by atoms with Gasteiger partial charge in [-0.1, -0.05) is 6.07 Å². The molecule has 0 unspecified atom stereocenters. The van der Waals surface area contributed by atoms with E-state index in [-0.39, 0.29) is 0 Å². The van der Waals surface area contributed by atoms with Crippen LogP contribution in [0.15, 0.2) is 42.6 Å². The molecule has 0 atom stereocenters. The SMILES string of the molecule is CCOc1cc(N(C)CCc2ccccn2)ccc1N. The van der Waals surface area contributed by atoms with Gasteiger partial charge in [0, 0.05) is 43.7 Å². The molecule has 0 aliphatic rings. The summed E-state index contributed by atoms with van der Waals surface area (Å²) in [5.74, 6) is 0.745. The maximum Gasteiger partial charge on any atom is 0.144 e. The first-order chi connectivity index (χ1) is 9.70. The van der Waals surface area contributed by atoms with Crippen molar-refractivity contribution >= 4 is 11.4 Å². The lowest BCUT2D eigenvalue weighted by molar-refractivity contribution is 0.342. The molecule has 0 aliphatic heterocycles. The number of nitrogens with zero attached hydrogens (tertiary/aromatic N) is 2. The molecule has 0 fully saturated rings. The predicted molar refractivity (Wildman–Crippen MR) is 83.2 cm³/mol. The molecule has 0 saturated carbocycles. The Morgan fingerprint density at radius 2 is 2.10 bits per heavy atom. The number of benzene rings is 1. The minimum absolute atomic E-state index is 0.616. The topological polar surface area (TPSA) is 51.4 Å². The Balaban J connectivity index is 2.01. The van der Waals surface area contributed by atoms with Crippen molar-refractivity contribution in [2.45, 2.75) is 13.3 Å². The van der Waals surface area contributed by atoms with Crippen LogP contribution in [0.4, 0.5) is 11.4 Å². The van der Waals surface area contributed by atoms with Gasteiger partial charge >= 0.3 is 0 Å². The minimum Gasteiger partial charge on any atom is -0.492 e. The summed E-state index contributed by atoms with van der Waals surface area (Å²) in [6.45, 7) is 3.47. The van der Waals surface area contributed by atoms with Crippen LogP contribution in [0.25, 0.3) is 0 Å². The minimum atomic E-state index is 0.616. The van der Waals surface area contributed by atoms with Gasteiger partial charge in [-0.05, 0) is 31.2 Å². The third-order valence-electron chi connectivity index (χ3n) is 3.17. The van der Waals surface area contributed by atoms with Crippen LogP contribution in [0.5, 0.6) is 5.75 Å². The molecule has 0 radical (unpaired) electrons. The largest absolute Gasteiger partial charge is 0.492 e. The predicted octanol–water partition coefficient (Wildman–Crippen LogP) is 2.74. The standard InChI is InChI=1S/C16H21N3O/c1-3-20-16-12-14(7-8-15(16)17)19(2)11-9-13-6-4-5-10-18-13/h4-8,10,12H,3,9,11,17H2,1-2H3. The molecule has 0 spiro atoms. The highest BCUT2D eigenvalue weighted by atomic mass is 16.5. The molecular formula is C16H21N3O. The van der Waals surface area contributed by atoms with E-state index in [1.807, 2.05) is 49.5 Å². The van der Waals surface area contributed by atoms with Crippen LogP contribution in [0, 0.1) is 0 Å². The maximum atomic E-state index is 5.89. The van der Waals surface area contributed by atoms with Gasteiger partial charge in [0.2, 0.25) is 0 Å². The lowest BCUT2D eigenvalue weighted by Gasteiger charge is -2.20. The number of rotatable bonds is 6. The third-order valence-corrected chi connectivity index (χ3v) is 3.17. The summed E-state index contributed by atoms with van der Waals surface area (Å²) in [4.78, 5) is 6.51. The van der Waals surface area contributed by atoms with Crippen molar-refractivity contribution in [3.63, 3.8) is 0 Å². The van der Waals surface area contributed by atoms with E-state index >= 15 is 0 Å². The second kappa shape index (κ2) is 6.80. The number of likely N-dealkylation sites (N-methyl/N-ethyl adjacent to an activating group) is 1. The van der Waals surface area contributed by atoms with E-state index in [0.717, 1.165) is 30.1 Å². The second-order valence-corrected chi connectivity index (χ2v) is 4.65. The van der Waals surface area contributed by atoms with E-state index in [2.05, 4.69) is 16.9 Å². The van der Waals surface area contributed by atoms with E-state index in [9.17, 15) is 0 Å². The van der Waals surface area contributed by atoms with Gasteiger partial charge in [0.15, 0.2) is 0 Å². The van der Waals surface area contributed by atoms with E-state index in [1.54, 1.807) is 0 Å². The van der Waals surface area contributed by atoms with Crippen molar-refractivity contribution < 1.29 is 4.74 Å². The van der Waals surface area contributed by atoms with Crippen molar-refractivity contribution in [1.29, 1.82) is 0 Å². The zero-order chi connectivity index (χ0) is 14.4. The molecule has 106 valence electrons. The molecule has 4 heteroatoms. The van der Waals surface area contributed by atoms with Crippen LogP contribution in [0.3, 0.4) is 0 Å². The summed E-state index contributed by atoms with van der Waals surface area (Å²) in [6, 6.07) is 11.9. The van der Waals surface area contributed by atoms with Gasteiger partial charge in [-0.25, -0.2) is 0 Å². The van der Waals surface area contributed by atoms with Crippen LogP contribution < -0.4 is 15.4 Å². The molecule has 4 nitrogen and oxygen atoms in total. The fourth-order valence-electron chi connectivity index (χ4n) is 2.00. The van der Waals surface area contributed by atoms with E-state index in [0.29, 0.717) is 12.3 Å². The Hall–Kier alpha value is -2.23. The monoisotopic (exact) mass is 271 g/mol. The average Bonchev–Trinajstić information content (AvgIpc) is 2.48. The Labute approximate surface area is 120 Å². The summed E-state index contributed by atoms with van der Waals surface area (Å²) in [7, 11) is 2.06. The number of hydrogen-bond donors (Lipinski definition) is 1. The van der Waals surface area contributed by atoms with Crippen LogP contribution in [0.2, 0.25) is 0 Å². The van der Waals surface area contributed by atoms with Gasteiger partial charge in [-0.15, -0.1) is 0 Å².